The minimum atomic E-state index is -1.11. The third-order valence-corrected chi connectivity index (χ3v) is 1.65. The van der Waals surface area contributed by atoms with Crippen molar-refractivity contribution in [3.05, 3.63) is 18.0 Å². The summed E-state index contributed by atoms with van der Waals surface area (Å²) in [6, 6.07) is 1.42. The van der Waals surface area contributed by atoms with Crippen LogP contribution in [-0.2, 0) is 0 Å². The lowest BCUT2D eigenvalue weighted by Gasteiger charge is -2.09. The Morgan fingerprint density at radius 3 is 2.50 bits per heavy atom. The van der Waals surface area contributed by atoms with Crippen LogP contribution in [0.5, 0.6) is 5.75 Å². The van der Waals surface area contributed by atoms with Gasteiger partial charge in [-0.3, -0.25) is 0 Å². The molecule has 0 saturated carbocycles. The van der Waals surface area contributed by atoms with E-state index in [1.165, 1.54) is 10.6 Å². The second-order valence-corrected chi connectivity index (χ2v) is 2.86. The molecule has 1 aromatic rings. The number of hydrogen-bond acceptors (Lipinski definition) is 2. The second kappa shape index (κ2) is 2.89. The van der Waals surface area contributed by atoms with E-state index in [9.17, 15) is 4.79 Å². The fraction of sp³-hybridized carbons (Fsp3) is 0.375. The highest BCUT2D eigenvalue weighted by Gasteiger charge is 2.16. The van der Waals surface area contributed by atoms with Crippen molar-refractivity contribution in [3.8, 4) is 5.75 Å². The molecule has 0 bridgehead atoms. The van der Waals surface area contributed by atoms with Crippen LogP contribution in [0.15, 0.2) is 12.3 Å². The third-order valence-electron chi connectivity index (χ3n) is 1.65. The number of aromatic carboxylic acids is 1. The third kappa shape index (κ3) is 1.28. The molecular weight excluding hydrogens is 158 g/mol. The van der Waals surface area contributed by atoms with Crippen LogP contribution in [0.4, 0.5) is 0 Å². The quantitative estimate of drug-likeness (QED) is 0.704. The van der Waals surface area contributed by atoms with E-state index in [0.717, 1.165) is 0 Å². The normalized spacial score (nSPS) is 10.6. The van der Waals surface area contributed by atoms with Gasteiger partial charge in [0.05, 0.1) is 0 Å². The second-order valence-electron chi connectivity index (χ2n) is 2.86. The molecule has 0 aliphatic carbocycles. The molecule has 0 spiro atoms. The maximum absolute atomic E-state index is 10.6. The van der Waals surface area contributed by atoms with Crippen molar-refractivity contribution in [1.29, 1.82) is 0 Å². The maximum Gasteiger partial charge on any atom is 0.356 e. The van der Waals surface area contributed by atoms with Crippen LogP contribution in [-0.4, -0.2) is 20.7 Å². The molecule has 2 N–H and O–H groups in total. The molecule has 0 unspecified atom stereocenters. The van der Waals surface area contributed by atoms with Gasteiger partial charge in [0.15, 0.2) is 5.69 Å². The number of aromatic hydroxyl groups is 1. The summed E-state index contributed by atoms with van der Waals surface area (Å²) in [5.41, 5.74) is -0.0509. The molecule has 0 atom stereocenters. The van der Waals surface area contributed by atoms with Crippen LogP contribution >= 0.6 is 0 Å². The highest BCUT2D eigenvalue weighted by Crippen LogP contribution is 2.21. The minimum absolute atomic E-state index is 0.0389. The van der Waals surface area contributed by atoms with E-state index in [2.05, 4.69) is 0 Å². The van der Waals surface area contributed by atoms with Gasteiger partial charge in [-0.05, 0) is 19.9 Å². The summed E-state index contributed by atoms with van der Waals surface area (Å²) in [5, 5.41) is 17.9. The zero-order chi connectivity index (χ0) is 9.30. The molecule has 4 nitrogen and oxygen atoms in total. The Labute approximate surface area is 70.1 Å². The van der Waals surface area contributed by atoms with Crippen molar-refractivity contribution >= 4 is 5.97 Å². The van der Waals surface area contributed by atoms with E-state index < -0.39 is 5.97 Å². The predicted octanol–water partition coefficient (Wildman–Crippen LogP) is 1.47. The Morgan fingerprint density at radius 1 is 1.58 bits per heavy atom. The van der Waals surface area contributed by atoms with Gasteiger partial charge < -0.3 is 14.8 Å². The van der Waals surface area contributed by atoms with E-state index in [1.54, 1.807) is 6.20 Å². The Hall–Kier alpha value is -1.45. The van der Waals surface area contributed by atoms with E-state index in [4.69, 9.17) is 10.2 Å². The maximum atomic E-state index is 10.6. The molecule has 66 valence electrons. The lowest BCUT2D eigenvalue weighted by molar-refractivity contribution is 0.0680. The summed E-state index contributed by atoms with van der Waals surface area (Å²) < 4.78 is 1.51. The highest BCUT2D eigenvalue weighted by molar-refractivity contribution is 5.89. The van der Waals surface area contributed by atoms with Gasteiger partial charge in [-0.1, -0.05) is 0 Å². The Balaban J connectivity index is 3.21. The molecule has 1 heterocycles. The Kier molecular flexibility index (Phi) is 2.08. The molecule has 0 radical (unpaired) electrons. The first-order chi connectivity index (χ1) is 5.54. The van der Waals surface area contributed by atoms with E-state index in [0.29, 0.717) is 0 Å². The monoisotopic (exact) mass is 169 g/mol. The SMILES string of the molecule is CC(C)n1ccc(O)c1C(=O)O. The molecule has 0 amide bonds. The largest absolute Gasteiger partial charge is 0.505 e. The standard InChI is InChI=1S/C8H11NO3/c1-5(2)9-4-3-6(10)7(9)8(11)12/h3-5,10H,1-2H3,(H,11,12). The highest BCUT2D eigenvalue weighted by atomic mass is 16.4. The van der Waals surface area contributed by atoms with Crippen LogP contribution in [0.3, 0.4) is 0 Å². The van der Waals surface area contributed by atoms with Crippen LogP contribution in [0.1, 0.15) is 30.4 Å². The summed E-state index contributed by atoms with van der Waals surface area (Å²) in [4.78, 5) is 10.6. The molecule has 0 aromatic carbocycles. The molecule has 1 aromatic heterocycles. The zero-order valence-corrected chi connectivity index (χ0v) is 6.98. The summed E-state index contributed by atoms with van der Waals surface area (Å²) in [6.45, 7) is 3.71. The van der Waals surface area contributed by atoms with Crippen LogP contribution in [0.2, 0.25) is 0 Å². The van der Waals surface area contributed by atoms with Gasteiger partial charge in [-0.2, -0.15) is 0 Å². The number of rotatable bonds is 2. The van der Waals surface area contributed by atoms with Gasteiger partial charge in [-0.15, -0.1) is 0 Å². The first-order valence-corrected chi connectivity index (χ1v) is 3.67. The van der Waals surface area contributed by atoms with Crippen molar-refractivity contribution < 1.29 is 15.0 Å². The molecule has 4 heteroatoms. The number of nitrogens with zero attached hydrogens (tertiary/aromatic N) is 1. The molecule has 1 rings (SSSR count). The van der Waals surface area contributed by atoms with Gasteiger partial charge in [-0.25, -0.2) is 4.79 Å². The molecular formula is C8H11NO3. The van der Waals surface area contributed by atoms with Crippen LogP contribution in [0, 0.1) is 0 Å². The van der Waals surface area contributed by atoms with Gasteiger partial charge in [0, 0.05) is 12.2 Å². The van der Waals surface area contributed by atoms with Crippen LogP contribution in [0.25, 0.3) is 0 Å². The van der Waals surface area contributed by atoms with Crippen molar-refractivity contribution in [3.63, 3.8) is 0 Å². The molecule has 0 aliphatic rings. The van der Waals surface area contributed by atoms with Crippen molar-refractivity contribution in [2.45, 2.75) is 19.9 Å². The van der Waals surface area contributed by atoms with Crippen molar-refractivity contribution in [2.24, 2.45) is 0 Å². The Morgan fingerprint density at radius 2 is 2.17 bits per heavy atom. The van der Waals surface area contributed by atoms with Crippen molar-refractivity contribution in [2.75, 3.05) is 0 Å². The number of hydrogen-bond donors (Lipinski definition) is 2. The molecule has 0 saturated heterocycles. The summed E-state index contributed by atoms with van der Waals surface area (Å²) in [5.74, 6) is -1.29. The molecule has 0 aliphatic heterocycles. The fourth-order valence-corrected chi connectivity index (χ4v) is 1.09. The number of carboxylic acids is 1. The number of carboxylic acid groups (broad SMARTS) is 1. The first-order valence-electron chi connectivity index (χ1n) is 3.67. The van der Waals surface area contributed by atoms with E-state index in [1.807, 2.05) is 13.8 Å². The number of carbonyl (C=O) groups is 1. The molecule has 0 fully saturated rings. The summed E-state index contributed by atoms with van der Waals surface area (Å²) in [6.07, 6.45) is 1.56. The van der Waals surface area contributed by atoms with E-state index >= 15 is 0 Å². The summed E-state index contributed by atoms with van der Waals surface area (Å²) in [7, 11) is 0. The summed E-state index contributed by atoms with van der Waals surface area (Å²) >= 11 is 0. The van der Waals surface area contributed by atoms with Gasteiger partial charge >= 0.3 is 5.97 Å². The lowest BCUT2D eigenvalue weighted by Crippen LogP contribution is -2.09. The number of aromatic nitrogens is 1. The topological polar surface area (TPSA) is 62.5 Å². The van der Waals surface area contributed by atoms with E-state index in [-0.39, 0.29) is 17.5 Å². The fourth-order valence-electron chi connectivity index (χ4n) is 1.09. The smallest absolute Gasteiger partial charge is 0.356 e. The minimum Gasteiger partial charge on any atom is -0.505 e. The molecule has 12 heavy (non-hydrogen) atoms. The lowest BCUT2D eigenvalue weighted by atomic mass is 10.3. The van der Waals surface area contributed by atoms with Crippen molar-refractivity contribution in [1.82, 2.24) is 4.57 Å². The zero-order valence-electron chi connectivity index (χ0n) is 6.98. The van der Waals surface area contributed by atoms with Gasteiger partial charge in [0.2, 0.25) is 0 Å². The average molecular weight is 169 g/mol. The Bertz CT molecular complexity index is 301. The van der Waals surface area contributed by atoms with Gasteiger partial charge in [0.1, 0.15) is 5.75 Å². The average Bonchev–Trinajstić information content (AvgIpc) is 2.30. The predicted molar refractivity (Wildman–Crippen MR) is 43.4 cm³/mol. The first kappa shape index (κ1) is 8.64. The van der Waals surface area contributed by atoms with Gasteiger partial charge in [0.25, 0.3) is 0 Å². The van der Waals surface area contributed by atoms with Crippen LogP contribution < -0.4 is 0 Å².